The minimum atomic E-state index is -6.68. The van der Waals surface area contributed by atoms with Crippen molar-refractivity contribution in [2.45, 2.75) is 24.2 Å². The van der Waals surface area contributed by atoms with Crippen LogP contribution in [0.4, 0.5) is 61.0 Å². The van der Waals surface area contributed by atoms with Gasteiger partial charge in [-0.2, -0.15) is 39.5 Å². The van der Waals surface area contributed by atoms with Crippen molar-refractivity contribution in [2.75, 3.05) is 8.43 Å². The predicted octanol–water partition coefficient (Wildman–Crippen LogP) is 8.81. The van der Waals surface area contributed by atoms with Crippen molar-refractivity contribution in [3.05, 3.63) is 98.1 Å². The summed E-state index contributed by atoms with van der Waals surface area (Å²) in [5.41, 5.74) is -13.1. The molecule has 0 heterocycles. The summed E-state index contributed by atoms with van der Waals surface area (Å²) in [4.78, 5) is 35.7. The number of nitro benzene ring substituents is 1. The summed E-state index contributed by atoms with van der Waals surface area (Å²) in [7, 11) is 0. The SMILES string of the molecule is O=C(Nc1cccc(C(=O)N(I)c2ccc(C(F)(C(F)(F)F)C(F)(F)F)cc2C(F)(F)F)c1)c1ccc([N+](=O)[O-])cc1Cl. The first-order chi connectivity index (χ1) is 19.6. The molecule has 0 fully saturated rings. The fraction of sp³-hybridized carbons (Fsp3) is 0.167. The number of nitrogens with one attached hydrogen (secondary N) is 1. The minimum Gasteiger partial charge on any atom is -0.322 e. The number of benzene rings is 3. The number of rotatable bonds is 6. The second kappa shape index (κ2) is 11.8. The molecule has 3 aromatic rings. The number of carbonyl (C=O) groups is 2. The Morgan fingerprint density at radius 1 is 0.860 bits per heavy atom. The monoisotopic (exact) mass is 757 g/mol. The van der Waals surface area contributed by atoms with Crippen LogP contribution < -0.4 is 8.43 Å². The summed E-state index contributed by atoms with van der Waals surface area (Å²) in [5, 5.41) is 12.8. The van der Waals surface area contributed by atoms with Gasteiger partial charge in [-0.25, -0.2) is 7.50 Å². The molecule has 7 nitrogen and oxygen atoms in total. The molecule has 0 spiro atoms. The van der Waals surface area contributed by atoms with Crippen molar-refractivity contribution < 1.29 is 58.4 Å². The lowest BCUT2D eigenvalue weighted by atomic mass is 9.92. The lowest BCUT2D eigenvalue weighted by Gasteiger charge is -2.31. The van der Waals surface area contributed by atoms with Gasteiger partial charge in [0.25, 0.3) is 17.5 Å². The highest BCUT2D eigenvalue weighted by molar-refractivity contribution is 14.1. The summed E-state index contributed by atoms with van der Waals surface area (Å²) in [6, 6.07) is 6.56. The van der Waals surface area contributed by atoms with Crippen molar-refractivity contribution in [2.24, 2.45) is 0 Å². The number of nitro groups is 1. The first kappa shape index (κ1) is 33.8. The van der Waals surface area contributed by atoms with Gasteiger partial charge in [0.2, 0.25) is 0 Å². The van der Waals surface area contributed by atoms with Gasteiger partial charge in [0.1, 0.15) is 0 Å². The third-order valence-corrected chi connectivity index (χ3v) is 6.92. The Balaban J connectivity index is 1.98. The first-order valence-electron chi connectivity index (χ1n) is 11.0. The van der Waals surface area contributed by atoms with Crippen molar-refractivity contribution >= 4 is 63.3 Å². The largest absolute Gasteiger partial charge is 0.435 e. The Kier molecular flexibility index (Phi) is 9.26. The van der Waals surface area contributed by atoms with Gasteiger partial charge < -0.3 is 5.32 Å². The molecule has 0 aromatic heterocycles. The number of hydrogen-bond donors (Lipinski definition) is 1. The Hall–Kier alpha value is -3.68. The number of nitrogens with zero attached hydrogens (tertiary/aromatic N) is 2. The number of anilines is 2. The zero-order valence-electron chi connectivity index (χ0n) is 20.3. The van der Waals surface area contributed by atoms with E-state index < -0.39 is 75.1 Å². The number of hydrogen-bond acceptors (Lipinski definition) is 4. The summed E-state index contributed by atoms with van der Waals surface area (Å²) in [6.45, 7) is 0. The molecule has 43 heavy (non-hydrogen) atoms. The Labute approximate surface area is 252 Å². The van der Waals surface area contributed by atoms with Crippen LogP contribution in [0.3, 0.4) is 0 Å². The highest BCUT2D eigenvalue weighted by atomic mass is 127. The van der Waals surface area contributed by atoms with Gasteiger partial charge >= 0.3 is 24.2 Å². The van der Waals surface area contributed by atoms with E-state index in [1.807, 2.05) is 0 Å². The van der Waals surface area contributed by atoms with Crippen LogP contribution in [0.2, 0.25) is 5.02 Å². The smallest absolute Gasteiger partial charge is 0.322 e. The Morgan fingerprint density at radius 3 is 1.98 bits per heavy atom. The fourth-order valence-corrected chi connectivity index (χ4v) is 4.55. The standard InChI is InChI=1S/C24H11ClF10IN3O4/c25-17-10-14(39(42)43)5-6-15(17)19(40)37-13-3-1-2-11(8-13)20(41)38(36)18-7-4-12(9-16(18)22(27,28)29)21(26,23(30,31)32)24(33,34)35/h1-10H,(H,37,40). The summed E-state index contributed by atoms with van der Waals surface area (Å²) in [5.74, 6) is -2.18. The maximum absolute atomic E-state index is 14.4. The highest BCUT2D eigenvalue weighted by Crippen LogP contribution is 2.54. The molecule has 0 saturated heterocycles. The molecule has 0 aliphatic carbocycles. The molecule has 2 amide bonds. The molecule has 0 radical (unpaired) electrons. The van der Waals surface area contributed by atoms with Gasteiger partial charge in [-0.1, -0.05) is 23.7 Å². The van der Waals surface area contributed by atoms with Crippen LogP contribution in [0, 0.1) is 10.1 Å². The number of alkyl halides is 10. The molecule has 19 heteroatoms. The van der Waals surface area contributed by atoms with Gasteiger partial charge in [-0.05, 0) is 36.4 Å². The average molecular weight is 758 g/mol. The van der Waals surface area contributed by atoms with Gasteiger partial charge in [0.15, 0.2) is 0 Å². The highest BCUT2D eigenvalue weighted by Gasteiger charge is 2.73. The van der Waals surface area contributed by atoms with Gasteiger partial charge in [0, 0.05) is 28.9 Å². The van der Waals surface area contributed by atoms with E-state index in [1.165, 1.54) is 12.1 Å². The van der Waals surface area contributed by atoms with E-state index in [-0.39, 0.29) is 31.5 Å². The molecule has 0 atom stereocenters. The molecular formula is C24H11ClF10IN3O4. The van der Waals surface area contributed by atoms with E-state index in [0.29, 0.717) is 0 Å². The maximum Gasteiger partial charge on any atom is 0.435 e. The number of non-ortho nitro benzene ring substituents is 1. The second-order valence-corrected chi connectivity index (χ2v) is 9.80. The van der Waals surface area contributed by atoms with Crippen LogP contribution in [0.5, 0.6) is 0 Å². The van der Waals surface area contributed by atoms with E-state index in [1.54, 1.807) is 0 Å². The number of halogens is 12. The molecule has 3 rings (SSSR count). The zero-order chi connectivity index (χ0) is 32.7. The minimum absolute atomic E-state index is 0.0799. The van der Waals surface area contributed by atoms with Crippen LogP contribution >= 0.6 is 34.5 Å². The van der Waals surface area contributed by atoms with Crippen LogP contribution in [0.1, 0.15) is 31.8 Å². The molecule has 1 N–H and O–H groups in total. The molecule has 0 bridgehead atoms. The second-order valence-electron chi connectivity index (χ2n) is 8.43. The van der Waals surface area contributed by atoms with Crippen molar-refractivity contribution in [3.8, 4) is 0 Å². The average Bonchev–Trinajstić information content (AvgIpc) is 2.89. The van der Waals surface area contributed by atoms with E-state index in [2.05, 4.69) is 5.32 Å². The Morgan fingerprint density at radius 2 is 1.47 bits per heavy atom. The summed E-state index contributed by atoms with van der Waals surface area (Å²) >= 11 is 6.91. The van der Waals surface area contributed by atoms with Crippen molar-refractivity contribution in [1.82, 2.24) is 0 Å². The van der Waals surface area contributed by atoms with Crippen LogP contribution in [0.25, 0.3) is 0 Å². The summed E-state index contributed by atoms with van der Waals surface area (Å²) < 4.78 is 135. The molecular weight excluding hydrogens is 747 g/mol. The number of carbonyl (C=O) groups excluding carboxylic acids is 2. The quantitative estimate of drug-likeness (QED) is 0.0895. The summed E-state index contributed by atoms with van der Waals surface area (Å²) in [6.07, 6.45) is -19.0. The van der Waals surface area contributed by atoms with E-state index >= 15 is 0 Å². The fourth-order valence-electron chi connectivity index (χ4n) is 3.59. The van der Waals surface area contributed by atoms with Crippen LogP contribution in [-0.2, 0) is 11.8 Å². The lowest BCUT2D eigenvalue weighted by Crippen LogP contribution is -2.50. The molecule has 3 aromatic carbocycles. The third kappa shape index (κ3) is 6.78. The molecule has 0 aliphatic heterocycles. The lowest BCUT2D eigenvalue weighted by molar-refractivity contribution is -0.384. The molecule has 0 unspecified atom stereocenters. The van der Waals surface area contributed by atoms with Gasteiger partial charge in [-0.15, -0.1) is 0 Å². The first-order valence-corrected chi connectivity index (χ1v) is 12.3. The normalized spacial score (nSPS) is 12.6. The maximum atomic E-state index is 14.4. The molecule has 0 aliphatic rings. The van der Waals surface area contributed by atoms with Gasteiger partial charge in [-0.3, -0.25) is 19.7 Å². The van der Waals surface area contributed by atoms with Crippen LogP contribution in [-0.4, -0.2) is 29.1 Å². The third-order valence-electron chi connectivity index (χ3n) is 5.65. The topological polar surface area (TPSA) is 92.6 Å². The van der Waals surface area contributed by atoms with E-state index in [0.717, 1.165) is 53.2 Å². The van der Waals surface area contributed by atoms with Crippen molar-refractivity contribution in [1.29, 1.82) is 0 Å². The molecule has 230 valence electrons. The number of amides is 2. The van der Waals surface area contributed by atoms with E-state index in [9.17, 15) is 63.6 Å². The zero-order valence-corrected chi connectivity index (χ0v) is 23.2. The van der Waals surface area contributed by atoms with Crippen molar-refractivity contribution in [3.63, 3.8) is 0 Å². The van der Waals surface area contributed by atoms with E-state index in [4.69, 9.17) is 11.6 Å². The Bertz CT molecular complexity index is 1580. The molecule has 0 saturated carbocycles. The van der Waals surface area contributed by atoms with Crippen LogP contribution in [0.15, 0.2) is 60.7 Å². The van der Waals surface area contributed by atoms with Gasteiger partial charge in [0.05, 0.1) is 49.6 Å². The predicted molar refractivity (Wildman–Crippen MR) is 140 cm³/mol.